The molecule has 3 aliphatic heterocycles. The van der Waals surface area contributed by atoms with Crippen molar-refractivity contribution >= 4 is 5.97 Å². The van der Waals surface area contributed by atoms with Crippen LogP contribution in [0.15, 0.2) is 0 Å². The maximum atomic E-state index is 11.7. The quantitative estimate of drug-likeness (QED) is 0.526. The molecule has 0 aromatic carbocycles. The van der Waals surface area contributed by atoms with E-state index in [1.165, 1.54) is 0 Å². The van der Waals surface area contributed by atoms with Crippen molar-refractivity contribution in [3.8, 4) is 0 Å². The largest absolute Gasteiger partial charge is 0.464 e. The van der Waals surface area contributed by atoms with E-state index in [1.54, 1.807) is 0 Å². The standard InChI is InChI=1S/C10H14O3/c1-9-5-12-8(11)10(9,2)7-4-3-6(9)13-7/h6-7H,3-5H2,1-2H3. The van der Waals surface area contributed by atoms with E-state index in [1.807, 2.05) is 6.92 Å². The summed E-state index contributed by atoms with van der Waals surface area (Å²) in [6, 6.07) is 0. The summed E-state index contributed by atoms with van der Waals surface area (Å²) in [5.41, 5.74) is -0.428. The van der Waals surface area contributed by atoms with Gasteiger partial charge in [-0.25, -0.2) is 0 Å². The van der Waals surface area contributed by atoms with Crippen LogP contribution in [0.5, 0.6) is 0 Å². The molecule has 3 fully saturated rings. The molecule has 4 atom stereocenters. The fourth-order valence-corrected chi connectivity index (χ4v) is 3.21. The van der Waals surface area contributed by atoms with E-state index in [4.69, 9.17) is 9.47 Å². The van der Waals surface area contributed by atoms with Crippen molar-refractivity contribution in [1.29, 1.82) is 0 Å². The third-order valence-corrected chi connectivity index (χ3v) is 4.49. The molecule has 3 aliphatic rings. The van der Waals surface area contributed by atoms with E-state index in [0.29, 0.717) is 6.61 Å². The molecule has 3 saturated heterocycles. The first-order valence-corrected chi connectivity index (χ1v) is 4.92. The maximum absolute atomic E-state index is 11.7. The lowest BCUT2D eigenvalue weighted by Gasteiger charge is -2.36. The Bertz CT molecular complexity index is 288. The van der Waals surface area contributed by atoms with Gasteiger partial charge in [-0.1, -0.05) is 6.92 Å². The Morgan fingerprint density at radius 1 is 1.31 bits per heavy atom. The SMILES string of the molecule is CC12COC(=O)C1(C)C1CCC2O1. The molecule has 0 aliphatic carbocycles. The number of esters is 1. The van der Waals surface area contributed by atoms with Gasteiger partial charge in [0, 0.05) is 5.41 Å². The fourth-order valence-electron chi connectivity index (χ4n) is 3.21. The molecule has 0 radical (unpaired) electrons. The predicted molar refractivity (Wildman–Crippen MR) is 45.1 cm³/mol. The van der Waals surface area contributed by atoms with Gasteiger partial charge in [0.1, 0.15) is 12.0 Å². The van der Waals surface area contributed by atoms with Crippen molar-refractivity contribution in [2.75, 3.05) is 6.61 Å². The lowest BCUT2D eigenvalue weighted by Crippen LogP contribution is -2.47. The zero-order valence-corrected chi connectivity index (χ0v) is 8.00. The molecule has 0 aromatic rings. The summed E-state index contributed by atoms with van der Waals surface area (Å²) in [7, 11) is 0. The van der Waals surface area contributed by atoms with Crippen LogP contribution < -0.4 is 0 Å². The topological polar surface area (TPSA) is 35.5 Å². The van der Waals surface area contributed by atoms with Crippen LogP contribution in [0.25, 0.3) is 0 Å². The Morgan fingerprint density at radius 2 is 2.00 bits per heavy atom. The highest BCUT2D eigenvalue weighted by atomic mass is 16.6. The highest BCUT2D eigenvalue weighted by Gasteiger charge is 2.72. The summed E-state index contributed by atoms with van der Waals surface area (Å²) in [6.07, 6.45) is 2.46. The van der Waals surface area contributed by atoms with Crippen LogP contribution in [-0.4, -0.2) is 24.8 Å². The van der Waals surface area contributed by atoms with Gasteiger partial charge in [-0.05, 0) is 19.8 Å². The molecule has 3 rings (SSSR count). The first-order chi connectivity index (χ1) is 6.09. The summed E-state index contributed by atoms with van der Waals surface area (Å²) >= 11 is 0. The number of cyclic esters (lactones) is 1. The van der Waals surface area contributed by atoms with Crippen LogP contribution in [0.2, 0.25) is 0 Å². The summed E-state index contributed by atoms with van der Waals surface area (Å²) in [5.74, 6) is -0.0535. The van der Waals surface area contributed by atoms with Gasteiger partial charge < -0.3 is 9.47 Å². The Hall–Kier alpha value is -0.570. The Balaban J connectivity index is 2.14. The lowest BCUT2D eigenvalue weighted by molar-refractivity contribution is -0.149. The summed E-state index contributed by atoms with van der Waals surface area (Å²) in [6.45, 7) is 4.68. The van der Waals surface area contributed by atoms with E-state index in [9.17, 15) is 4.79 Å². The first-order valence-electron chi connectivity index (χ1n) is 4.92. The van der Waals surface area contributed by atoms with Crippen LogP contribution in [0, 0.1) is 10.8 Å². The van der Waals surface area contributed by atoms with Crippen molar-refractivity contribution in [3.05, 3.63) is 0 Å². The van der Waals surface area contributed by atoms with Gasteiger partial charge in [0.25, 0.3) is 0 Å². The molecule has 0 aromatic heterocycles. The van der Waals surface area contributed by atoms with Gasteiger partial charge in [0.15, 0.2) is 0 Å². The second kappa shape index (κ2) is 1.92. The van der Waals surface area contributed by atoms with Gasteiger partial charge in [-0.2, -0.15) is 0 Å². The molecule has 0 spiro atoms. The summed E-state index contributed by atoms with van der Waals surface area (Å²) < 4.78 is 11.0. The first kappa shape index (κ1) is 7.80. The number of fused-ring (bicyclic) bond motifs is 5. The van der Waals surface area contributed by atoms with Crippen LogP contribution in [0.3, 0.4) is 0 Å². The van der Waals surface area contributed by atoms with Crippen molar-refractivity contribution < 1.29 is 14.3 Å². The van der Waals surface area contributed by atoms with Gasteiger partial charge in [0.2, 0.25) is 0 Å². The minimum absolute atomic E-state index is 0.0535. The molecular formula is C10H14O3. The van der Waals surface area contributed by atoms with Gasteiger partial charge in [0.05, 0.1) is 12.2 Å². The number of hydrogen-bond acceptors (Lipinski definition) is 3. The van der Waals surface area contributed by atoms with Crippen LogP contribution in [0.1, 0.15) is 26.7 Å². The third kappa shape index (κ3) is 0.592. The monoisotopic (exact) mass is 182 g/mol. The van der Waals surface area contributed by atoms with E-state index < -0.39 is 0 Å². The van der Waals surface area contributed by atoms with E-state index in [-0.39, 0.29) is 29.0 Å². The van der Waals surface area contributed by atoms with Crippen LogP contribution >= 0.6 is 0 Å². The van der Waals surface area contributed by atoms with Crippen molar-refractivity contribution in [3.63, 3.8) is 0 Å². The normalized spacial score (nSPS) is 58.2. The third-order valence-electron chi connectivity index (χ3n) is 4.49. The number of carbonyl (C=O) groups excluding carboxylic acids is 1. The molecule has 3 heterocycles. The molecule has 3 heteroatoms. The Labute approximate surface area is 77.4 Å². The van der Waals surface area contributed by atoms with Gasteiger partial charge in [-0.3, -0.25) is 4.79 Å². The molecular weight excluding hydrogens is 168 g/mol. The molecule has 4 unspecified atom stereocenters. The fraction of sp³-hybridized carbons (Fsp3) is 0.900. The highest BCUT2D eigenvalue weighted by Crippen LogP contribution is 2.62. The zero-order chi connectivity index (χ0) is 9.27. The van der Waals surface area contributed by atoms with E-state index in [0.717, 1.165) is 12.8 Å². The molecule has 72 valence electrons. The Morgan fingerprint density at radius 3 is 2.69 bits per heavy atom. The smallest absolute Gasteiger partial charge is 0.315 e. The van der Waals surface area contributed by atoms with Crippen LogP contribution in [-0.2, 0) is 14.3 Å². The molecule has 0 amide bonds. The zero-order valence-electron chi connectivity index (χ0n) is 8.00. The number of hydrogen-bond donors (Lipinski definition) is 0. The second-order valence-corrected chi connectivity index (χ2v) is 4.89. The van der Waals surface area contributed by atoms with Gasteiger partial charge in [-0.15, -0.1) is 0 Å². The van der Waals surface area contributed by atoms with Gasteiger partial charge >= 0.3 is 5.97 Å². The maximum Gasteiger partial charge on any atom is 0.315 e. The molecule has 0 N–H and O–H groups in total. The molecule has 13 heavy (non-hydrogen) atoms. The van der Waals surface area contributed by atoms with Crippen molar-refractivity contribution in [2.24, 2.45) is 10.8 Å². The number of carbonyl (C=O) groups is 1. The molecule has 2 bridgehead atoms. The van der Waals surface area contributed by atoms with Crippen molar-refractivity contribution in [1.82, 2.24) is 0 Å². The minimum atomic E-state index is -0.365. The van der Waals surface area contributed by atoms with E-state index >= 15 is 0 Å². The lowest BCUT2D eigenvalue weighted by atomic mass is 9.59. The van der Waals surface area contributed by atoms with Crippen molar-refractivity contribution in [2.45, 2.75) is 38.9 Å². The minimum Gasteiger partial charge on any atom is -0.464 e. The Kier molecular flexibility index (Phi) is 1.15. The second-order valence-electron chi connectivity index (χ2n) is 4.89. The molecule has 0 saturated carbocycles. The number of ether oxygens (including phenoxy) is 2. The number of rotatable bonds is 0. The average Bonchev–Trinajstić information content (AvgIpc) is 2.70. The highest BCUT2D eigenvalue weighted by molar-refractivity contribution is 5.81. The summed E-state index contributed by atoms with van der Waals surface area (Å²) in [5, 5.41) is 0. The summed E-state index contributed by atoms with van der Waals surface area (Å²) in [4.78, 5) is 11.7. The predicted octanol–water partition coefficient (Wildman–Crippen LogP) is 1.12. The van der Waals surface area contributed by atoms with Crippen LogP contribution in [0.4, 0.5) is 0 Å². The average molecular weight is 182 g/mol. The van der Waals surface area contributed by atoms with E-state index in [2.05, 4.69) is 6.92 Å². The molecule has 3 nitrogen and oxygen atoms in total.